The Labute approximate surface area is 101 Å². The largest absolute Gasteiger partial charge is 0.336 e. The molecule has 1 aromatic rings. The van der Waals surface area contributed by atoms with Crippen molar-refractivity contribution in [1.29, 1.82) is 0 Å². The van der Waals surface area contributed by atoms with Crippen LogP contribution in [0, 0.1) is 13.8 Å². The molecule has 17 heavy (non-hydrogen) atoms. The summed E-state index contributed by atoms with van der Waals surface area (Å²) in [6, 6.07) is 5.42. The van der Waals surface area contributed by atoms with Crippen molar-refractivity contribution < 1.29 is 9.59 Å². The lowest BCUT2D eigenvalue weighted by Crippen LogP contribution is -2.34. The number of hydrogen-bond acceptors (Lipinski definition) is 2. The summed E-state index contributed by atoms with van der Waals surface area (Å²) in [5.41, 5.74) is 2.69. The molecule has 3 heteroatoms. The molecule has 1 amide bonds. The van der Waals surface area contributed by atoms with Gasteiger partial charge in [0.2, 0.25) is 5.78 Å². The van der Waals surface area contributed by atoms with Crippen LogP contribution in [0.15, 0.2) is 18.2 Å². The predicted octanol–water partition coefficient (Wildman–Crippen LogP) is 2.11. The molecule has 1 aliphatic heterocycles. The van der Waals surface area contributed by atoms with Crippen LogP contribution >= 0.6 is 0 Å². The minimum Gasteiger partial charge on any atom is -0.336 e. The van der Waals surface area contributed by atoms with Crippen LogP contribution in [0.4, 0.5) is 0 Å². The number of hydrogen-bond donors (Lipinski definition) is 0. The van der Waals surface area contributed by atoms with E-state index in [-0.39, 0.29) is 11.7 Å². The number of ketones is 1. The molecule has 0 atom stereocenters. The molecule has 2 rings (SSSR count). The molecule has 0 saturated carbocycles. The van der Waals surface area contributed by atoms with Crippen LogP contribution in [0.2, 0.25) is 0 Å². The first-order valence-electron chi connectivity index (χ1n) is 6.00. The van der Waals surface area contributed by atoms with Crippen LogP contribution in [-0.2, 0) is 4.79 Å². The molecular formula is C14H17NO2. The molecule has 0 N–H and O–H groups in total. The van der Waals surface area contributed by atoms with Crippen LogP contribution in [0.3, 0.4) is 0 Å². The van der Waals surface area contributed by atoms with Crippen LogP contribution in [0.1, 0.15) is 34.3 Å². The number of nitrogens with zero attached hydrogens (tertiary/aromatic N) is 1. The van der Waals surface area contributed by atoms with Crippen molar-refractivity contribution in [2.24, 2.45) is 0 Å². The second-order valence-corrected chi connectivity index (χ2v) is 4.63. The molecule has 1 heterocycles. The van der Waals surface area contributed by atoms with Crippen LogP contribution in [0.25, 0.3) is 0 Å². The molecule has 90 valence electrons. The molecule has 0 aromatic heterocycles. The zero-order chi connectivity index (χ0) is 12.4. The first-order chi connectivity index (χ1) is 8.09. The quantitative estimate of drug-likeness (QED) is 0.577. The van der Waals surface area contributed by atoms with Gasteiger partial charge in [-0.2, -0.15) is 0 Å². The van der Waals surface area contributed by atoms with E-state index in [1.807, 2.05) is 19.9 Å². The zero-order valence-electron chi connectivity index (χ0n) is 10.3. The van der Waals surface area contributed by atoms with Crippen molar-refractivity contribution in [2.75, 3.05) is 13.1 Å². The van der Waals surface area contributed by atoms with E-state index in [1.54, 1.807) is 17.0 Å². The number of carbonyl (C=O) groups is 2. The highest BCUT2D eigenvalue weighted by atomic mass is 16.2. The van der Waals surface area contributed by atoms with E-state index in [1.165, 1.54) is 0 Å². The van der Waals surface area contributed by atoms with Gasteiger partial charge in [0.1, 0.15) is 0 Å². The summed E-state index contributed by atoms with van der Waals surface area (Å²) in [6.07, 6.45) is 2.01. The highest BCUT2D eigenvalue weighted by Crippen LogP contribution is 2.14. The summed E-state index contributed by atoms with van der Waals surface area (Å²) in [5, 5.41) is 0. The van der Waals surface area contributed by atoms with Gasteiger partial charge >= 0.3 is 0 Å². The molecule has 0 spiro atoms. The summed E-state index contributed by atoms with van der Waals surface area (Å²) in [6.45, 7) is 5.38. The predicted molar refractivity (Wildman–Crippen MR) is 66.1 cm³/mol. The minimum absolute atomic E-state index is 0.356. The number of benzene rings is 1. The number of amides is 1. The fourth-order valence-corrected chi connectivity index (χ4v) is 2.07. The summed E-state index contributed by atoms with van der Waals surface area (Å²) < 4.78 is 0. The summed E-state index contributed by atoms with van der Waals surface area (Å²) in [7, 11) is 0. The Balaban J connectivity index is 2.18. The first kappa shape index (κ1) is 11.8. The van der Waals surface area contributed by atoms with Gasteiger partial charge in [-0.1, -0.05) is 12.1 Å². The second-order valence-electron chi connectivity index (χ2n) is 4.63. The molecule has 1 aromatic carbocycles. The summed E-state index contributed by atoms with van der Waals surface area (Å²) in [5.74, 6) is -0.735. The lowest BCUT2D eigenvalue weighted by molar-refractivity contribution is -0.125. The smallest absolute Gasteiger partial charge is 0.294 e. The molecule has 1 fully saturated rings. The molecule has 0 aliphatic carbocycles. The zero-order valence-corrected chi connectivity index (χ0v) is 10.3. The Morgan fingerprint density at radius 3 is 2.29 bits per heavy atom. The van der Waals surface area contributed by atoms with Gasteiger partial charge in [0.15, 0.2) is 0 Å². The highest BCUT2D eigenvalue weighted by Gasteiger charge is 2.25. The maximum atomic E-state index is 12.0. The Kier molecular flexibility index (Phi) is 3.27. The van der Waals surface area contributed by atoms with Crippen molar-refractivity contribution in [1.82, 2.24) is 4.90 Å². The lowest BCUT2D eigenvalue weighted by Gasteiger charge is -2.14. The molecule has 1 aliphatic rings. The first-order valence-corrected chi connectivity index (χ1v) is 6.00. The third-order valence-corrected chi connectivity index (χ3v) is 3.36. The molecule has 0 bridgehead atoms. The maximum absolute atomic E-state index is 12.0. The van der Waals surface area contributed by atoms with Crippen molar-refractivity contribution in [3.8, 4) is 0 Å². The van der Waals surface area contributed by atoms with Gasteiger partial charge in [-0.3, -0.25) is 9.59 Å². The SMILES string of the molecule is Cc1ccc(C(=O)C(=O)N2CCCC2)cc1C. The van der Waals surface area contributed by atoms with Gasteiger partial charge in [0, 0.05) is 18.7 Å². The van der Waals surface area contributed by atoms with Gasteiger partial charge in [-0.05, 0) is 43.9 Å². The van der Waals surface area contributed by atoms with E-state index in [2.05, 4.69) is 0 Å². The van der Waals surface area contributed by atoms with Crippen LogP contribution < -0.4 is 0 Å². The Bertz CT molecular complexity index is 459. The molecular weight excluding hydrogens is 214 g/mol. The monoisotopic (exact) mass is 231 g/mol. The average molecular weight is 231 g/mol. The molecule has 3 nitrogen and oxygen atoms in total. The average Bonchev–Trinajstić information content (AvgIpc) is 2.84. The molecule has 1 saturated heterocycles. The third kappa shape index (κ3) is 2.38. The Morgan fingerprint density at radius 2 is 1.71 bits per heavy atom. The standard InChI is InChI=1S/C14H17NO2/c1-10-5-6-12(9-11(10)2)13(16)14(17)15-7-3-4-8-15/h5-6,9H,3-4,7-8H2,1-2H3. The van der Waals surface area contributed by atoms with E-state index in [0.29, 0.717) is 5.56 Å². The fourth-order valence-electron chi connectivity index (χ4n) is 2.07. The Hall–Kier alpha value is -1.64. The number of rotatable bonds is 2. The normalized spacial score (nSPS) is 15.1. The number of likely N-dealkylation sites (tertiary alicyclic amines) is 1. The van der Waals surface area contributed by atoms with E-state index in [9.17, 15) is 9.59 Å². The van der Waals surface area contributed by atoms with E-state index >= 15 is 0 Å². The number of carbonyl (C=O) groups excluding carboxylic acids is 2. The van der Waals surface area contributed by atoms with E-state index in [0.717, 1.165) is 37.1 Å². The highest BCUT2D eigenvalue weighted by molar-refractivity contribution is 6.42. The molecule has 0 radical (unpaired) electrons. The fraction of sp³-hybridized carbons (Fsp3) is 0.429. The van der Waals surface area contributed by atoms with Gasteiger partial charge in [0.25, 0.3) is 5.91 Å². The summed E-state index contributed by atoms with van der Waals surface area (Å²) in [4.78, 5) is 25.6. The van der Waals surface area contributed by atoms with Crippen molar-refractivity contribution in [3.63, 3.8) is 0 Å². The number of aryl methyl sites for hydroxylation is 2. The second kappa shape index (κ2) is 4.70. The minimum atomic E-state index is -0.380. The third-order valence-electron chi connectivity index (χ3n) is 3.36. The van der Waals surface area contributed by atoms with Crippen LogP contribution in [0.5, 0.6) is 0 Å². The van der Waals surface area contributed by atoms with Crippen molar-refractivity contribution in [2.45, 2.75) is 26.7 Å². The van der Waals surface area contributed by atoms with E-state index < -0.39 is 0 Å². The Morgan fingerprint density at radius 1 is 1.06 bits per heavy atom. The van der Waals surface area contributed by atoms with Crippen LogP contribution in [-0.4, -0.2) is 29.7 Å². The van der Waals surface area contributed by atoms with Crippen molar-refractivity contribution >= 4 is 11.7 Å². The number of Topliss-reactive ketones (excluding diaryl/α,β-unsaturated/α-hetero) is 1. The molecule has 0 unspecified atom stereocenters. The lowest BCUT2D eigenvalue weighted by atomic mass is 10.0. The van der Waals surface area contributed by atoms with E-state index in [4.69, 9.17) is 0 Å². The van der Waals surface area contributed by atoms with Crippen molar-refractivity contribution in [3.05, 3.63) is 34.9 Å². The van der Waals surface area contributed by atoms with Gasteiger partial charge in [0.05, 0.1) is 0 Å². The van der Waals surface area contributed by atoms with Gasteiger partial charge in [-0.25, -0.2) is 0 Å². The maximum Gasteiger partial charge on any atom is 0.294 e. The van der Waals surface area contributed by atoms with Gasteiger partial charge in [-0.15, -0.1) is 0 Å². The topological polar surface area (TPSA) is 37.4 Å². The van der Waals surface area contributed by atoms with Gasteiger partial charge < -0.3 is 4.90 Å². The summed E-state index contributed by atoms with van der Waals surface area (Å²) >= 11 is 0.